The first-order valence-electron chi connectivity index (χ1n) is 14.0. The number of fused-ring (bicyclic) bond motifs is 7. The summed E-state index contributed by atoms with van der Waals surface area (Å²) in [6.07, 6.45) is 8.47. The topological polar surface area (TPSA) is 98.0 Å². The summed E-state index contributed by atoms with van der Waals surface area (Å²) in [7, 11) is 0. The molecule has 198 valence electrons. The highest BCUT2D eigenvalue weighted by Crippen LogP contribution is 2.75. The average Bonchev–Trinajstić information content (AvgIpc) is 2.76. The molecular weight excluding hydrogens is 440 g/mol. The third-order valence-corrected chi connectivity index (χ3v) is 13.2. The summed E-state index contributed by atoms with van der Waals surface area (Å²) in [5, 5.41) is 43.1. The van der Waals surface area contributed by atoms with Gasteiger partial charge in [-0.15, -0.1) is 0 Å². The monoisotopic (exact) mass is 488 g/mol. The third-order valence-electron chi connectivity index (χ3n) is 13.2. The number of carbonyl (C=O) groups is 1. The molecule has 4 fully saturated rings. The van der Waals surface area contributed by atoms with Gasteiger partial charge in [0.05, 0.1) is 18.8 Å². The van der Waals surface area contributed by atoms with Gasteiger partial charge >= 0.3 is 5.97 Å². The molecule has 4 saturated carbocycles. The lowest BCUT2D eigenvalue weighted by Gasteiger charge is -2.71. The predicted octanol–water partition coefficient (Wildman–Crippen LogP) is 5.18. The normalized spacial score (nSPS) is 55.0. The van der Waals surface area contributed by atoms with Gasteiger partial charge in [-0.3, -0.25) is 4.79 Å². The first-order chi connectivity index (χ1) is 16.1. The van der Waals surface area contributed by atoms with Gasteiger partial charge in [0, 0.05) is 5.41 Å². The van der Waals surface area contributed by atoms with E-state index in [1.165, 1.54) is 5.57 Å². The fourth-order valence-electron chi connectivity index (χ4n) is 10.9. The summed E-state index contributed by atoms with van der Waals surface area (Å²) in [5.74, 6) is -0.245. The van der Waals surface area contributed by atoms with Crippen LogP contribution < -0.4 is 0 Å². The average molecular weight is 489 g/mol. The van der Waals surface area contributed by atoms with Crippen LogP contribution in [-0.2, 0) is 4.79 Å². The standard InChI is InChI=1S/C30H48O5/c1-25(2)15-19-18-7-8-21-26(3)11-10-22(32)27(4,17-31)20(26)9-12-29(21,6)28(18,5)13-14-30(19,24(34)35)23(33)16-25/h7,19-23,31-33H,8-17H2,1-6H3,(H,34,35)/t19-,20?,21-,22+,23?,26+,27?,28-,29-,30+/m1/s1. The number of aliphatic hydroxyl groups is 3. The second-order valence-corrected chi connectivity index (χ2v) is 15.0. The number of aliphatic hydroxyl groups excluding tert-OH is 3. The zero-order valence-electron chi connectivity index (χ0n) is 22.7. The van der Waals surface area contributed by atoms with Gasteiger partial charge in [0.25, 0.3) is 0 Å². The van der Waals surface area contributed by atoms with Crippen LogP contribution >= 0.6 is 0 Å². The van der Waals surface area contributed by atoms with E-state index in [1.807, 2.05) is 0 Å². The maximum Gasteiger partial charge on any atom is 0.312 e. The van der Waals surface area contributed by atoms with Gasteiger partial charge in [-0.25, -0.2) is 0 Å². The van der Waals surface area contributed by atoms with Crippen molar-refractivity contribution in [3.05, 3.63) is 11.6 Å². The second-order valence-electron chi connectivity index (χ2n) is 15.0. The highest BCUT2D eigenvalue weighted by molar-refractivity contribution is 5.77. The van der Waals surface area contributed by atoms with Crippen LogP contribution in [0.4, 0.5) is 0 Å². The Morgan fingerprint density at radius 1 is 0.914 bits per heavy atom. The molecule has 0 spiro atoms. The Morgan fingerprint density at radius 2 is 1.60 bits per heavy atom. The molecule has 0 aromatic rings. The number of rotatable bonds is 2. The largest absolute Gasteiger partial charge is 0.481 e. The molecule has 0 radical (unpaired) electrons. The number of aliphatic carboxylic acids is 1. The fraction of sp³-hybridized carbons (Fsp3) is 0.900. The van der Waals surface area contributed by atoms with Crippen molar-refractivity contribution in [3.8, 4) is 0 Å². The third kappa shape index (κ3) is 3.01. The molecule has 0 amide bonds. The van der Waals surface area contributed by atoms with Gasteiger partial charge in [0.2, 0.25) is 0 Å². The predicted molar refractivity (Wildman–Crippen MR) is 135 cm³/mol. The van der Waals surface area contributed by atoms with Crippen molar-refractivity contribution in [1.29, 1.82) is 0 Å². The van der Waals surface area contributed by atoms with Gasteiger partial charge in [0.1, 0.15) is 5.41 Å². The van der Waals surface area contributed by atoms with Gasteiger partial charge in [0.15, 0.2) is 0 Å². The first kappa shape index (κ1) is 25.7. The molecule has 0 bridgehead atoms. The summed E-state index contributed by atoms with van der Waals surface area (Å²) in [6.45, 7) is 13.7. The zero-order chi connectivity index (χ0) is 25.8. The van der Waals surface area contributed by atoms with E-state index in [9.17, 15) is 25.2 Å². The summed E-state index contributed by atoms with van der Waals surface area (Å²) < 4.78 is 0. The minimum Gasteiger partial charge on any atom is -0.481 e. The molecule has 3 unspecified atom stereocenters. The Balaban J connectivity index is 1.61. The minimum atomic E-state index is -1.07. The summed E-state index contributed by atoms with van der Waals surface area (Å²) >= 11 is 0. The van der Waals surface area contributed by atoms with Crippen molar-refractivity contribution in [2.24, 2.45) is 50.2 Å². The van der Waals surface area contributed by atoms with Crippen LogP contribution in [-0.4, -0.2) is 45.2 Å². The SMILES string of the molecule is CC1(C)CC(O)[C@]2(C(=O)O)CC[C@]3(C)C(=CC[C@@H]4[C@@]5(C)CC[C@H](O)C(C)(CO)C5CC[C@]43C)[C@H]2C1. The quantitative estimate of drug-likeness (QED) is 0.402. The van der Waals surface area contributed by atoms with Crippen LogP contribution in [0.3, 0.4) is 0 Å². The minimum absolute atomic E-state index is 0.0202. The molecule has 0 saturated heterocycles. The van der Waals surface area contributed by atoms with Crippen LogP contribution in [0.25, 0.3) is 0 Å². The Bertz CT molecular complexity index is 941. The molecule has 5 rings (SSSR count). The highest BCUT2D eigenvalue weighted by atomic mass is 16.4. The van der Waals surface area contributed by atoms with E-state index in [1.54, 1.807) is 0 Å². The van der Waals surface area contributed by atoms with Crippen LogP contribution in [0.2, 0.25) is 0 Å². The maximum absolute atomic E-state index is 12.8. The van der Waals surface area contributed by atoms with Crippen molar-refractivity contribution < 1.29 is 25.2 Å². The molecule has 0 aromatic heterocycles. The summed E-state index contributed by atoms with van der Waals surface area (Å²) in [5.41, 5.74) is -0.380. The van der Waals surface area contributed by atoms with Crippen LogP contribution in [0.1, 0.15) is 99.3 Å². The van der Waals surface area contributed by atoms with E-state index >= 15 is 0 Å². The van der Waals surface area contributed by atoms with Crippen molar-refractivity contribution in [2.75, 3.05) is 6.61 Å². The number of carboxylic acids is 1. The molecule has 4 N–H and O–H groups in total. The number of carboxylic acid groups (broad SMARTS) is 1. The van der Waals surface area contributed by atoms with E-state index in [4.69, 9.17) is 0 Å². The lowest BCUT2D eigenvalue weighted by atomic mass is 9.33. The summed E-state index contributed by atoms with van der Waals surface area (Å²) in [6, 6.07) is 0. The molecule has 0 heterocycles. The van der Waals surface area contributed by atoms with Crippen LogP contribution in [0.15, 0.2) is 11.6 Å². The Hall–Kier alpha value is -0.910. The van der Waals surface area contributed by atoms with Crippen molar-refractivity contribution >= 4 is 5.97 Å². The molecule has 5 nitrogen and oxygen atoms in total. The lowest BCUT2D eigenvalue weighted by molar-refractivity contribution is -0.221. The van der Waals surface area contributed by atoms with E-state index in [2.05, 4.69) is 47.6 Å². The maximum atomic E-state index is 12.8. The fourth-order valence-corrected chi connectivity index (χ4v) is 10.9. The van der Waals surface area contributed by atoms with Gasteiger partial charge in [-0.1, -0.05) is 53.2 Å². The van der Waals surface area contributed by atoms with E-state index in [0.29, 0.717) is 18.8 Å². The molecule has 0 aromatic carbocycles. The highest BCUT2D eigenvalue weighted by Gasteiger charge is 2.70. The van der Waals surface area contributed by atoms with E-state index < -0.39 is 29.0 Å². The van der Waals surface area contributed by atoms with Gasteiger partial charge in [-0.2, -0.15) is 0 Å². The molecule has 35 heavy (non-hydrogen) atoms. The van der Waals surface area contributed by atoms with Gasteiger partial charge < -0.3 is 20.4 Å². The van der Waals surface area contributed by atoms with Crippen molar-refractivity contribution in [3.63, 3.8) is 0 Å². The molecular formula is C30H48O5. The van der Waals surface area contributed by atoms with Crippen molar-refractivity contribution in [1.82, 2.24) is 0 Å². The lowest BCUT2D eigenvalue weighted by Crippen LogP contribution is -2.67. The Kier molecular flexibility index (Phi) is 5.56. The zero-order valence-corrected chi connectivity index (χ0v) is 22.7. The number of allylic oxidation sites excluding steroid dienone is 2. The molecule has 0 aliphatic heterocycles. The molecule has 5 aliphatic rings. The van der Waals surface area contributed by atoms with Crippen LogP contribution in [0.5, 0.6) is 0 Å². The molecule has 5 heteroatoms. The number of hydrogen-bond donors (Lipinski definition) is 4. The Labute approximate surface area is 211 Å². The number of hydrogen-bond acceptors (Lipinski definition) is 4. The second kappa shape index (κ2) is 7.57. The molecule has 5 aliphatic carbocycles. The Morgan fingerprint density at radius 3 is 2.23 bits per heavy atom. The first-order valence-corrected chi connectivity index (χ1v) is 14.0. The van der Waals surface area contributed by atoms with Crippen LogP contribution in [0, 0.1) is 50.2 Å². The smallest absolute Gasteiger partial charge is 0.312 e. The molecule has 10 atom stereocenters. The summed E-state index contributed by atoms with van der Waals surface area (Å²) in [4.78, 5) is 12.8. The van der Waals surface area contributed by atoms with Gasteiger partial charge in [-0.05, 0) is 97.2 Å². The van der Waals surface area contributed by atoms with Crippen molar-refractivity contribution in [2.45, 2.75) is 112 Å². The van der Waals surface area contributed by atoms with E-state index in [-0.39, 0.29) is 40.1 Å². The van der Waals surface area contributed by atoms with E-state index in [0.717, 1.165) is 44.9 Å².